The van der Waals surface area contributed by atoms with Gasteiger partial charge in [0.05, 0.1) is 6.10 Å². The van der Waals surface area contributed by atoms with E-state index >= 15 is 0 Å². The first-order chi connectivity index (χ1) is 12.5. The lowest BCUT2D eigenvalue weighted by atomic mass is 9.72. The van der Waals surface area contributed by atoms with E-state index in [0.717, 1.165) is 25.0 Å². The van der Waals surface area contributed by atoms with Gasteiger partial charge in [-0.2, -0.15) is 0 Å². The van der Waals surface area contributed by atoms with Gasteiger partial charge in [0.25, 0.3) is 5.91 Å². The summed E-state index contributed by atoms with van der Waals surface area (Å²) in [5, 5.41) is 14.7. The number of amides is 1. The van der Waals surface area contributed by atoms with Gasteiger partial charge in [-0.1, -0.05) is 43.3 Å². The van der Waals surface area contributed by atoms with E-state index in [4.69, 9.17) is 4.52 Å². The Labute approximate surface area is 154 Å². The number of nitrogens with zero attached hydrogens (tertiary/aromatic N) is 2. The molecule has 1 saturated heterocycles. The van der Waals surface area contributed by atoms with Crippen LogP contribution in [0.1, 0.15) is 54.1 Å². The SMILES string of the molecule is CC(C)Cc1cc(C(=O)N2CCC3(CC2)c2ccccc2CC3O)no1. The van der Waals surface area contributed by atoms with Gasteiger partial charge in [-0.3, -0.25) is 4.79 Å². The summed E-state index contributed by atoms with van der Waals surface area (Å²) in [6.45, 7) is 5.49. The van der Waals surface area contributed by atoms with Crippen LogP contribution < -0.4 is 0 Å². The molecule has 1 aromatic carbocycles. The number of piperidine rings is 1. The summed E-state index contributed by atoms with van der Waals surface area (Å²) in [4.78, 5) is 14.6. The number of aliphatic hydroxyl groups excluding tert-OH is 1. The number of hydrogen-bond donors (Lipinski definition) is 1. The van der Waals surface area contributed by atoms with Crippen molar-refractivity contribution in [3.05, 3.63) is 52.9 Å². The van der Waals surface area contributed by atoms with Crippen molar-refractivity contribution in [3.8, 4) is 0 Å². The minimum Gasteiger partial charge on any atom is -0.392 e. The Hall–Kier alpha value is -2.14. The van der Waals surface area contributed by atoms with Crippen LogP contribution in [0.5, 0.6) is 0 Å². The molecule has 1 N–H and O–H groups in total. The van der Waals surface area contributed by atoms with Gasteiger partial charge in [0.15, 0.2) is 5.69 Å². The summed E-state index contributed by atoms with van der Waals surface area (Å²) in [6.07, 6.45) is 2.71. The summed E-state index contributed by atoms with van der Waals surface area (Å²) in [5.74, 6) is 1.15. The maximum atomic E-state index is 12.8. The van der Waals surface area contributed by atoms with Gasteiger partial charge in [0.2, 0.25) is 0 Å². The number of carbonyl (C=O) groups is 1. The van der Waals surface area contributed by atoms with E-state index in [-0.39, 0.29) is 17.4 Å². The molecule has 1 amide bonds. The first-order valence-corrected chi connectivity index (χ1v) is 9.51. The molecule has 0 radical (unpaired) electrons. The lowest BCUT2D eigenvalue weighted by molar-refractivity contribution is 0.0360. The van der Waals surface area contributed by atoms with Crippen molar-refractivity contribution in [2.75, 3.05) is 13.1 Å². The minimum absolute atomic E-state index is 0.0700. The van der Waals surface area contributed by atoms with Crippen LogP contribution in [0.2, 0.25) is 0 Å². The molecule has 1 unspecified atom stereocenters. The minimum atomic E-state index is -0.359. The number of fused-ring (bicyclic) bond motifs is 2. The second-order valence-electron chi connectivity index (χ2n) is 8.10. The van der Waals surface area contributed by atoms with Crippen LogP contribution in [0.4, 0.5) is 0 Å². The molecule has 138 valence electrons. The third-order valence-electron chi connectivity index (χ3n) is 5.94. The monoisotopic (exact) mass is 354 g/mol. The molecule has 0 saturated carbocycles. The van der Waals surface area contributed by atoms with E-state index in [1.807, 2.05) is 17.0 Å². The number of rotatable bonds is 3. The molecule has 1 aromatic heterocycles. The highest BCUT2D eigenvalue weighted by atomic mass is 16.5. The lowest BCUT2D eigenvalue weighted by Crippen LogP contribution is -2.49. The van der Waals surface area contributed by atoms with E-state index in [1.165, 1.54) is 11.1 Å². The smallest absolute Gasteiger partial charge is 0.276 e. The Kier molecular flexibility index (Phi) is 4.35. The predicted octanol–water partition coefficient (Wildman–Crippen LogP) is 2.96. The molecule has 0 bridgehead atoms. The number of carbonyl (C=O) groups excluding carboxylic acids is 1. The van der Waals surface area contributed by atoms with Crippen molar-refractivity contribution < 1.29 is 14.4 Å². The van der Waals surface area contributed by atoms with Gasteiger partial charge in [-0.25, -0.2) is 0 Å². The Balaban J connectivity index is 1.47. The molecule has 5 nitrogen and oxygen atoms in total. The van der Waals surface area contributed by atoms with Crippen LogP contribution in [0.3, 0.4) is 0 Å². The lowest BCUT2D eigenvalue weighted by Gasteiger charge is -2.42. The van der Waals surface area contributed by atoms with Gasteiger partial charge >= 0.3 is 0 Å². The fraction of sp³-hybridized carbons (Fsp3) is 0.524. The van der Waals surface area contributed by atoms with E-state index in [9.17, 15) is 9.90 Å². The van der Waals surface area contributed by atoms with Crippen molar-refractivity contribution in [3.63, 3.8) is 0 Å². The zero-order valence-electron chi connectivity index (χ0n) is 15.4. The molecule has 2 aliphatic rings. The highest BCUT2D eigenvalue weighted by Gasteiger charge is 2.48. The van der Waals surface area contributed by atoms with E-state index in [0.29, 0.717) is 31.1 Å². The van der Waals surface area contributed by atoms with Crippen molar-refractivity contribution in [2.24, 2.45) is 5.92 Å². The molecule has 2 heterocycles. The summed E-state index contributed by atoms with van der Waals surface area (Å²) < 4.78 is 5.31. The highest BCUT2D eigenvalue weighted by Crippen LogP contribution is 2.46. The van der Waals surface area contributed by atoms with Crippen molar-refractivity contribution >= 4 is 5.91 Å². The fourth-order valence-electron chi connectivity index (χ4n) is 4.55. The number of likely N-dealkylation sites (tertiary alicyclic amines) is 1. The summed E-state index contributed by atoms with van der Waals surface area (Å²) in [6, 6.07) is 10.1. The number of aromatic nitrogens is 1. The number of benzene rings is 1. The van der Waals surface area contributed by atoms with Crippen molar-refractivity contribution in [1.29, 1.82) is 0 Å². The third kappa shape index (κ3) is 2.84. The number of hydrogen-bond acceptors (Lipinski definition) is 4. The topological polar surface area (TPSA) is 66.6 Å². The van der Waals surface area contributed by atoms with Crippen LogP contribution in [0, 0.1) is 5.92 Å². The molecule has 4 rings (SSSR count). The van der Waals surface area contributed by atoms with Gasteiger partial charge < -0.3 is 14.5 Å². The Morgan fingerprint density at radius 2 is 2.08 bits per heavy atom. The van der Waals surface area contributed by atoms with Gasteiger partial charge in [0, 0.05) is 31.0 Å². The first-order valence-electron chi connectivity index (χ1n) is 9.51. The van der Waals surface area contributed by atoms with Crippen molar-refractivity contribution in [1.82, 2.24) is 10.1 Å². The fourth-order valence-corrected chi connectivity index (χ4v) is 4.55. The molecule has 1 fully saturated rings. The second kappa shape index (κ2) is 6.54. The molecule has 1 atom stereocenters. The molecule has 5 heteroatoms. The van der Waals surface area contributed by atoms with E-state index in [2.05, 4.69) is 31.1 Å². The molecule has 1 spiro atoms. The summed E-state index contributed by atoms with van der Waals surface area (Å²) >= 11 is 0. The van der Waals surface area contributed by atoms with Crippen LogP contribution in [0.25, 0.3) is 0 Å². The largest absolute Gasteiger partial charge is 0.392 e. The maximum Gasteiger partial charge on any atom is 0.276 e. The molecule has 1 aliphatic carbocycles. The second-order valence-corrected chi connectivity index (χ2v) is 8.10. The van der Waals surface area contributed by atoms with Crippen LogP contribution in [-0.2, 0) is 18.3 Å². The van der Waals surface area contributed by atoms with E-state index in [1.54, 1.807) is 6.07 Å². The molecule has 1 aliphatic heterocycles. The predicted molar refractivity (Wildman–Crippen MR) is 98.0 cm³/mol. The zero-order chi connectivity index (χ0) is 18.3. The zero-order valence-corrected chi connectivity index (χ0v) is 15.4. The standard InChI is InChI=1S/C21H26N2O3/c1-14(2)11-16-13-18(22-26-16)20(25)23-9-7-21(8-10-23)17-6-4-3-5-15(17)12-19(21)24/h3-6,13-14,19,24H,7-12H2,1-2H3. The van der Waals surface area contributed by atoms with Gasteiger partial charge in [-0.05, 0) is 36.3 Å². The molecular formula is C21H26N2O3. The molecular weight excluding hydrogens is 328 g/mol. The van der Waals surface area contributed by atoms with Crippen LogP contribution >= 0.6 is 0 Å². The quantitative estimate of drug-likeness (QED) is 0.920. The summed E-state index contributed by atoms with van der Waals surface area (Å²) in [7, 11) is 0. The van der Waals surface area contributed by atoms with Crippen LogP contribution in [0.15, 0.2) is 34.9 Å². The summed E-state index contributed by atoms with van der Waals surface area (Å²) in [5.41, 5.74) is 2.69. The third-order valence-corrected chi connectivity index (χ3v) is 5.94. The molecule has 2 aromatic rings. The first kappa shape index (κ1) is 17.3. The van der Waals surface area contributed by atoms with Crippen LogP contribution in [-0.4, -0.2) is 40.3 Å². The average molecular weight is 354 g/mol. The van der Waals surface area contributed by atoms with Gasteiger partial charge in [-0.15, -0.1) is 0 Å². The maximum absolute atomic E-state index is 12.8. The van der Waals surface area contributed by atoms with E-state index < -0.39 is 0 Å². The Bertz CT molecular complexity index is 803. The number of aliphatic hydroxyl groups is 1. The van der Waals surface area contributed by atoms with Crippen molar-refractivity contribution in [2.45, 2.75) is 51.0 Å². The average Bonchev–Trinajstić information content (AvgIpc) is 3.19. The Morgan fingerprint density at radius 1 is 1.35 bits per heavy atom. The molecule has 26 heavy (non-hydrogen) atoms. The van der Waals surface area contributed by atoms with Gasteiger partial charge in [0.1, 0.15) is 5.76 Å². The highest BCUT2D eigenvalue weighted by molar-refractivity contribution is 5.92. The normalized spacial score (nSPS) is 21.4. The Morgan fingerprint density at radius 3 is 2.81 bits per heavy atom.